The van der Waals surface area contributed by atoms with Crippen molar-refractivity contribution in [1.82, 2.24) is 14.9 Å². The zero-order chi connectivity index (χ0) is 18.9. The zero-order valence-corrected chi connectivity index (χ0v) is 16.2. The van der Waals surface area contributed by atoms with E-state index in [0.717, 1.165) is 30.4 Å². The Morgan fingerprint density at radius 3 is 3.00 bits per heavy atom. The van der Waals surface area contributed by atoms with Crippen molar-refractivity contribution in [3.8, 4) is 0 Å². The van der Waals surface area contributed by atoms with Gasteiger partial charge in [0.1, 0.15) is 0 Å². The number of hydrogen-bond acceptors (Lipinski definition) is 2. The van der Waals surface area contributed by atoms with Gasteiger partial charge in [0.15, 0.2) is 0 Å². The van der Waals surface area contributed by atoms with Crippen LogP contribution in [0.2, 0.25) is 0 Å². The molecule has 4 rings (SSSR count). The number of aromatic amines is 1. The number of H-pyrrole nitrogens is 1. The zero-order valence-electron chi connectivity index (χ0n) is 16.2. The van der Waals surface area contributed by atoms with E-state index in [9.17, 15) is 4.79 Å². The van der Waals surface area contributed by atoms with E-state index in [2.05, 4.69) is 41.2 Å². The molecule has 0 aliphatic heterocycles. The van der Waals surface area contributed by atoms with Gasteiger partial charge in [-0.05, 0) is 66.8 Å². The standard InChI is InChI=1S/C23H27N3O/c1-23(12-5-8-17-7-3-4-9-19(17)23)13-6-14-26(2)22(27)18-10-11-20-21(15-18)25-16-24-20/h3-4,7,9-11,15-16H,5-6,8,12-14H2,1-2H3,(H,24,25)/t23-/m1/s1. The lowest BCUT2D eigenvalue weighted by atomic mass is 9.69. The monoisotopic (exact) mass is 361 g/mol. The lowest BCUT2D eigenvalue weighted by Gasteiger charge is -2.36. The number of fused-ring (bicyclic) bond motifs is 2. The van der Waals surface area contributed by atoms with Gasteiger partial charge in [0.25, 0.3) is 5.91 Å². The maximum atomic E-state index is 12.8. The number of nitrogens with one attached hydrogen (secondary N) is 1. The maximum absolute atomic E-state index is 12.8. The van der Waals surface area contributed by atoms with E-state index in [-0.39, 0.29) is 11.3 Å². The van der Waals surface area contributed by atoms with Crippen LogP contribution in [0.3, 0.4) is 0 Å². The molecule has 1 aliphatic carbocycles. The van der Waals surface area contributed by atoms with Crippen LogP contribution in [-0.2, 0) is 11.8 Å². The number of nitrogens with zero attached hydrogens (tertiary/aromatic N) is 2. The number of imidazole rings is 1. The number of rotatable bonds is 5. The molecule has 0 saturated heterocycles. The van der Waals surface area contributed by atoms with Crippen molar-refractivity contribution in [2.45, 2.75) is 44.4 Å². The average Bonchev–Trinajstić information content (AvgIpc) is 3.15. The molecule has 4 heteroatoms. The lowest BCUT2D eigenvalue weighted by molar-refractivity contribution is 0.0789. The van der Waals surface area contributed by atoms with E-state index in [1.807, 2.05) is 30.1 Å². The SMILES string of the molecule is CN(CCC[C@@]1(C)CCCc2ccccc21)C(=O)c1ccc2nc[nH]c2c1. The highest BCUT2D eigenvalue weighted by Gasteiger charge is 2.31. The van der Waals surface area contributed by atoms with Crippen molar-refractivity contribution >= 4 is 16.9 Å². The quantitative estimate of drug-likeness (QED) is 0.715. The summed E-state index contributed by atoms with van der Waals surface area (Å²) in [7, 11) is 1.90. The lowest BCUT2D eigenvalue weighted by Crippen LogP contribution is -2.31. The molecule has 0 bridgehead atoms. The van der Waals surface area contributed by atoms with Crippen molar-refractivity contribution in [2.24, 2.45) is 0 Å². The molecule has 0 fully saturated rings. The minimum absolute atomic E-state index is 0.0701. The molecule has 1 amide bonds. The predicted octanol–water partition coefficient (Wildman–Crippen LogP) is 4.71. The van der Waals surface area contributed by atoms with E-state index in [1.165, 1.54) is 30.4 Å². The van der Waals surface area contributed by atoms with Crippen LogP contribution in [0.1, 0.15) is 54.1 Å². The third-order valence-corrected chi connectivity index (χ3v) is 6.08. The summed E-state index contributed by atoms with van der Waals surface area (Å²) in [4.78, 5) is 21.9. The van der Waals surface area contributed by atoms with Crippen LogP contribution in [0.15, 0.2) is 48.8 Å². The number of aromatic nitrogens is 2. The van der Waals surface area contributed by atoms with E-state index < -0.39 is 0 Å². The van der Waals surface area contributed by atoms with E-state index in [1.54, 1.807) is 6.33 Å². The third-order valence-electron chi connectivity index (χ3n) is 6.08. The van der Waals surface area contributed by atoms with Crippen LogP contribution in [0.5, 0.6) is 0 Å². The molecule has 1 aromatic heterocycles. The number of aryl methyl sites for hydroxylation is 1. The Morgan fingerprint density at radius 1 is 1.26 bits per heavy atom. The highest BCUT2D eigenvalue weighted by atomic mass is 16.2. The van der Waals surface area contributed by atoms with Crippen LogP contribution < -0.4 is 0 Å². The molecule has 4 nitrogen and oxygen atoms in total. The van der Waals surface area contributed by atoms with Crippen molar-refractivity contribution in [3.63, 3.8) is 0 Å². The molecule has 0 unspecified atom stereocenters. The van der Waals surface area contributed by atoms with Crippen LogP contribution in [0.4, 0.5) is 0 Å². The maximum Gasteiger partial charge on any atom is 0.253 e. The van der Waals surface area contributed by atoms with Gasteiger partial charge in [-0.3, -0.25) is 4.79 Å². The minimum atomic E-state index is 0.0701. The summed E-state index contributed by atoms with van der Waals surface area (Å²) in [5, 5.41) is 0. The Morgan fingerprint density at radius 2 is 2.11 bits per heavy atom. The topological polar surface area (TPSA) is 49.0 Å². The minimum Gasteiger partial charge on any atom is -0.345 e. The second-order valence-electron chi connectivity index (χ2n) is 8.04. The Hall–Kier alpha value is -2.62. The molecular formula is C23H27N3O. The molecule has 1 N–H and O–H groups in total. The molecule has 0 saturated carbocycles. The van der Waals surface area contributed by atoms with Gasteiger partial charge in [-0.15, -0.1) is 0 Å². The number of benzene rings is 2. The highest BCUT2D eigenvalue weighted by Crippen LogP contribution is 2.40. The fourth-order valence-corrected chi connectivity index (χ4v) is 4.49. The van der Waals surface area contributed by atoms with Gasteiger partial charge in [-0.2, -0.15) is 0 Å². The summed E-state index contributed by atoms with van der Waals surface area (Å²) >= 11 is 0. The first-order valence-corrected chi connectivity index (χ1v) is 9.84. The molecule has 140 valence electrons. The summed E-state index contributed by atoms with van der Waals surface area (Å²) in [6, 6.07) is 14.5. The Kier molecular flexibility index (Phi) is 4.73. The first-order valence-electron chi connectivity index (χ1n) is 9.84. The fourth-order valence-electron chi connectivity index (χ4n) is 4.49. The molecule has 0 radical (unpaired) electrons. The van der Waals surface area contributed by atoms with Crippen molar-refractivity contribution < 1.29 is 4.79 Å². The predicted molar refractivity (Wildman–Crippen MR) is 109 cm³/mol. The number of carbonyl (C=O) groups excluding carboxylic acids is 1. The molecule has 0 spiro atoms. The first kappa shape index (κ1) is 17.8. The summed E-state index contributed by atoms with van der Waals surface area (Å²) in [5.74, 6) is 0.0701. The van der Waals surface area contributed by atoms with Crippen molar-refractivity contribution in [1.29, 1.82) is 0 Å². The van der Waals surface area contributed by atoms with Gasteiger partial charge in [0, 0.05) is 19.2 Å². The molecule has 3 aromatic rings. The van der Waals surface area contributed by atoms with E-state index >= 15 is 0 Å². The highest BCUT2D eigenvalue weighted by molar-refractivity contribution is 5.97. The van der Waals surface area contributed by atoms with Gasteiger partial charge in [-0.25, -0.2) is 4.98 Å². The van der Waals surface area contributed by atoms with Crippen LogP contribution in [0, 0.1) is 0 Å². The van der Waals surface area contributed by atoms with Gasteiger partial charge in [0.2, 0.25) is 0 Å². The molecule has 2 aromatic carbocycles. The normalized spacial score (nSPS) is 19.0. The number of hydrogen-bond donors (Lipinski definition) is 1. The molecular weight excluding hydrogens is 334 g/mol. The number of carbonyl (C=O) groups is 1. The first-order chi connectivity index (χ1) is 13.1. The van der Waals surface area contributed by atoms with Gasteiger partial charge in [0.05, 0.1) is 17.4 Å². The van der Waals surface area contributed by atoms with Crippen molar-refractivity contribution in [3.05, 3.63) is 65.5 Å². The van der Waals surface area contributed by atoms with Crippen LogP contribution in [-0.4, -0.2) is 34.4 Å². The van der Waals surface area contributed by atoms with E-state index in [4.69, 9.17) is 0 Å². The van der Waals surface area contributed by atoms with E-state index in [0.29, 0.717) is 5.56 Å². The largest absolute Gasteiger partial charge is 0.345 e. The Labute approximate surface area is 160 Å². The fraction of sp³-hybridized carbons (Fsp3) is 0.391. The van der Waals surface area contributed by atoms with Gasteiger partial charge >= 0.3 is 0 Å². The second kappa shape index (κ2) is 7.18. The van der Waals surface area contributed by atoms with Crippen LogP contribution in [0.25, 0.3) is 11.0 Å². The third kappa shape index (κ3) is 3.48. The smallest absolute Gasteiger partial charge is 0.253 e. The molecule has 1 aliphatic rings. The number of amides is 1. The van der Waals surface area contributed by atoms with Crippen LogP contribution >= 0.6 is 0 Å². The second-order valence-corrected chi connectivity index (χ2v) is 8.04. The van der Waals surface area contributed by atoms with Gasteiger partial charge < -0.3 is 9.88 Å². The summed E-state index contributed by atoms with van der Waals surface area (Å²) < 4.78 is 0. The molecule has 27 heavy (non-hydrogen) atoms. The summed E-state index contributed by atoms with van der Waals surface area (Å²) in [6.45, 7) is 3.16. The summed E-state index contributed by atoms with van der Waals surface area (Å²) in [5.41, 5.74) is 5.74. The average molecular weight is 361 g/mol. The Balaban J connectivity index is 1.39. The Bertz CT molecular complexity index is 961. The van der Waals surface area contributed by atoms with Crippen molar-refractivity contribution in [2.75, 3.05) is 13.6 Å². The molecule has 1 atom stereocenters. The molecule has 1 heterocycles. The summed E-state index contributed by atoms with van der Waals surface area (Å²) in [6.07, 6.45) is 7.47. The van der Waals surface area contributed by atoms with Gasteiger partial charge in [-0.1, -0.05) is 31.2 Å².